The van der Waals surface area contributed by atoms with E-state index < -0.39 is 6.04 Å². The normalized spacial score (nSPS) is 12.3. The van der Waals surface area contributed by atoms with E-state index in [4.69, 9.17) is 0 Å². The van der Waals surface area contributed by atoms with Gasteiger partial charge in [0.2, 0.25) is 6.04 Å². The van der Waals surface area contributed by atoms with Crippen LogP contribution >= 0.6 is 0 Å². The van der Waals surface area contributed by atoms with Gasteiger partial charge in [-0.05, 0) is 17.5 Å². The molecular weight excluding hydrogens is 250 g/mol. The lowest BCUT2D eigenvalue weighted by Crippen LogP contribution is -2.28. The molecule has 0 saturated carbocycles. The van der Waals surface area contributed by atoms with Crippen LogP contribution < -0.4 is 0 Å². The van der Waals surface area contributed by atoms with Crippen molar-refractivity contribution in [1.29, 1.82) is 0 Å². The molecule has 104 valence electrons. The van der Waals surface area contributed by atoms with Crippen molar-refractivity contribution < 1.29 is 4.92 Å². The van der Waals surface area contributed by atoms with E-state index in [9.17, 15) is 10.1 Å². The number of hydrogen-bond acceptors (Lipinski definition) is 2. The maximum Gasteiger partial charge on any atom is 0.223 e. The van der Waals surface area contributed by atoms with Gasteiger partial charge in [0.1, 0.15) is 0 Å². The molecule has 0 aromatic heterocycles. The molecular formula is C17H19NO2. The summed E-state index contributed by atoms with van der Waals surface area (Å²) in [4.78, 5) is 11.4. The van der Waals surface area contributed by atoms with Gasteiger partial charge in [-0.1, -0.05) is 67.6 Å². The van der Waals surface area contributed by atoms with Crippen LogP contribution in [-0.4, -0.2) is 11.0 Å². The fraction of sp³-hybridized carbons (Fsp3) is 0.294. The average molecular weight is 269 g/mol. The predicted molar refractivity (Wildman–Crippen MR) is 80.4 cm³/mol. The van der Waals surface area contributed by atoms with Gasteiger partial charge in [0.05, 0.1) is 5.92 Å². The van der Waals surface area contributed by atoms with Crippen LogP contribution in [0.3, 0.4) is 0 Å². The summed E-state index contributed by atoms with van der Waals surface area (Å²) in [6.07, 6.45) is 1.39. The minimum Gasteiger partial charge on any atom is -0.264 e. The smallest absolute Gasteiger partial charge is 0.223 e. The zero-order chi connectivity index (χ0) is 14.4. The number of benzene rings is 2. The molecule has 3 nitrogen and oxygen atoms in total. The van der Waals surface area contributed by atoms with Gasteiger partial charge in [-0.15, -0.1) is 0 Å². The highest BCUT2D eigenvalue weighted by molar-refractivity contribution is 5.33. The van der Waals surface area contributed by atoms with E-state index in [-0.39, 0.29) is 10.8 Å². The number of hydrogen-bond donors (Lipinski definition) is 0. The molecule has 2 aromatic carbocycles. The third-order valence-electron chi connectivity index (χ3n) is 3.56. The Labute approximate surface area is 119 Å². The lowest BCUT2D eigenvalue weighted by Gasteiger charge is -2.21. The summed E-state index contributed by atoms with van der Waals surface area (Å²) in [5.74, 6) is -0.188. The Morgan fingerprint density at radius 3 is 1.75 bits per heavy atom. The molecule has 0 radical (unpaired) electrons. The number of nitrogens with zero attached hydrogens (tertiary/aromatic N) is 1. The van der Waals surface area contributed by atoms with Gasteiger partial charge >= 0.3 is 0 Å². The largest absolute Gasteiger partial charge is 0.264 e. The van der Waals surface area contributed by atoms with Crippen molar-refractivity contribution in [3.63, 3.8) is 0 Å². The molecule has 0 N–H and O–H groups in total. The molecule has 2 rings (SSSR count). The highest BCUT2D eigenvalue weighted by Crippen LogP contribution is 2.31. The second-order valence-electron chi connectivity index (χ2n) is 4.94. The molecule has 0 saturated heterocycles. The predicted octanol–water partition coefficient (Wildman–Crippen LogP) is 4.26. The van der Waals surface area contributed by atoms with Crippen molar-refractivity contribution in [1.82, 2.24) is 0 Å². The molecule has 1 atom stereocenters. The quantitative estimate of drug-likeness (QED) is 0.580. The number of nitro groups is 1. The van der Waals surface area contributed by atoms with Crippen LogP contribution in [0.5, 0.6) is 0 Å². The van der Waals surface area contributed by atoms with Crippen LogP contribution in [0.2, 0.25) is 0 Å². The van der Waals surface area contributed by atoms with Crippen molar-refractivity contribution in [2.45, 2.75) is 31.7 Å². The standard InChI is InChI=1S/C17H19NO2/c1-2-9-16(18(19)20)17(14-10-5-3-6-11-14)15-12-7-4-8-13-15/h3-8,10-13,16-17H,2,9H2,1H3. The topological polar surface area (TPSA) is 43.1 Å². The second-order valence-corrected chi connectivity index (χ2v) is 4.94. The molecule has 0 spiro atoms. The fourth-order valence-electron chi connectivity index (χ4n) is 2.65. The first-order valence-electron chi connectivity index (χ1n) is 6.97. The monoisotopic (exact) mass is 269 g/mol. The lowest BCUT2D eigenvalue weighted by molar-refractivity contribution is -0.526. The summed E-state index contributed by atoms with van der Waals surface area (Å²) >= 11 is 0. The van der Waals surface area contributed by atoms with Gasteiger partial charge in [0.15, 0.2) is 0 Å². The zero-order valence-electron chi connectivity index (χ0n) is 11.6. The summed E-state index contributed by atoms with van der Waals surface area (Å²) < 4.78 is 0. The summed E-state index contributed by atoms with van der Waals surface area (Å²) in [5, 5.41) is 11.5. The summed E-state index contributed by atoms with van der Waals surface area (Å²) in [7, 11) is 0. The summed E-state index contributed by atoms with van der Waals surface area (Å²) in [6, 6.07) is 19.0. The highest BCUT2D eigenvalue weighted by Gasteiger charge is 2.32. The summed E-state index contributed by atoms with van der Waals surface area (Å²) in [6.45, 7) is 1.99. The summed E-state index contributed by atoms with van der Waals surface area (Å²) in [5.41, 5.74) is 2.02. The Kier molecular flexibility index (Phi) is 4.88. The Morgan fingerprint density at radius 2 is 1.40 bits per heavy atom. The van der Waals surface area contributed by atoms with E-state index in [1.165, 1.54) is 0 Å². The molecule has 0 heterocycles. The zero-order valence-corrected chi connectivity index (χ0v) is 11.6. The molecule has 0 fully saturated rings. The molecule has 20 heavy (non-hydrogen) atoms. The van der Waals surface area contributed by atoms with Gasteiger partial charge in [-0.2, -0.15) is 0 Å². The first-order valence-corrected chi connectivity index (χ1v) is 6.97. The second kappa shape index (κ2) is 6.85. The number of rotatable bonds is 6. The molecule has 0 aliphatic heterocycles. The van der Waals surface area contributed by atoms with Crippen LogP contribution in [0.25, 0.3) is 0 Å². The van der Waals surface area contributed by atoms with E-state index in [2.05, 4.69) is 0 Å². The fourth-order valence-corrected chi connectivity index (χ4v) is 2.65. The van der Waals surface area contributed by atoms with Gasteiger partial charge in [-0.25, -0.2) is 0 Å². The van der Waals surface area contributed by atoms with E-state index in [1.54, 1.807) is 0 Å². The first kappa shape index (κ1) is 14.3. The first-order chi connectivity index (χ1) is 9.74. The van der Waals surface area contributed by atoms with Crippen LogP contribution in [0, 0.1) is 10.1 Å². The van der Waals surface area contributed by atoms with E-state index in [0.717, 1.165) is 17.5 Å². The van der Waals surface area contributed by atoms with Crippen molar-refractivity contribution in [3.05, 3.63) is 81.9 Å². The van der Waals surface area contributed by atoms with Crippen molar-refractivity contribution in [2.75, 3.05) is 0 Å². The van der Waals surface area contributed by atoms with Crippen LogP contribution in [0.1, 0.15) is 36.8 Å². The van der Waals surface area contributed by atoms with Gasteiger partial charge < -0.3 is 0 Å². The SMILES string of the molecule is CCCC(C(c1ccccc1)c1ccccc1)[N+](=O)[O-]. The van der Waals surface area contributed by atoms with Crippen molar-refractivity contribution in [2.24, 2.45) is 0 Å². The van der Waals surface area contributed by atoms with E-state index >= 15 is 0 Å². The lowest BCUT2D eigenvalue weighted by atomic mass is 9.83. The van der Waals surface area contributed by atoms with Gasteiger partial charge in [0, 0.05) is 11.3 Å². The van der Waals surface area contributed by atoms with Crippen LogP contribution in [0.4, 0.5) is 0 Å². The molecule has 3 heteroatoms. The Bertz CT molecular complexity index is 500. The molecule has 2 aromatic rings. The van der Waals surface area contributed by atoms with E-state index in [1.807, 2.05) is 67.6 Å². The molecule has 1 unspecified atom stereocenters. The molecule has 0 aliphatic rings. The Hall–Kier alpha value is -2.16. The van der Waals surface area contributed by atoms with Crippen molar-refractivity contribution >= 4 is 0 Å². The minimum absolute atomic E-state index is 0.131. The Balaban J connectivity index is 2.46. The average Bonchev–Trinajstić information content (AvgIpc) is 2.49. The molecule has 0 amide bonds. The van der Waals surface area contributed by atoms with Crippen LogP contribution in [-0.2, 0) is 0 Å². The van der Waals surface area contributed by atoms with Crippen LogP contribution in [0.15, 0.2) is 60.7 Å². The Morgan fingerprint density at radius 1 is 0.950 bits per heavy atom. The van der Waals surface area contributed by atoms with Gasteiger partial charge in [0.25, 0.3) is 0 Å². The van der Waals surface area contributed by atoms with Crippen molar-refractivity contribution in [3.8, 4) is 0 Å². The highest BCUT2D eigenvalue weighted by atomic mass is 16.6. The third-order valence-corrected chi connectivity index (χ3v) is 3.56. The third kappa shape index (κ3) is 3.23. The maximum absolute atomic E-state index is 11.5. The minimum atomic E-state index is -0.579. The molecule has 0 bridgehead atoms. The molecule has 0 aliphatic carbocycles. The maximum atomic E-state index is 11.5. The van der Waals surface area contributed by atoms with E-state index in [0.29, 0.717) is 6.42 Å². The van der Waals surface area contributed by atoms with Gasteiger partial charge in [-0.3, -0.25) is 10.1 Å².